The lowest BCUT2D eigenvalue weighted by molar-refractivity contribution is -0.118. The van der Waals surface area contributed by atoms with Crippen molar-refractivity contribution in [3.05, 3.63) is 23.2 Å². The Hall–Kier alpha value is -1.30. The van der Waals surface area contributed by atoms with E-state index in [9.17, 15) is 4.79 Å². The van der Waals surface area contributed by atoms with Crippen LogP contribution in [0.15, 0.2) is 18.2 Å². The summed E-state index contributed by atoms with van der Waals surface area (Å²) >= 11 is 6.26. The van der Waals surface area contributed by atoms with Crippen LogP contribution >= 0.6 is 11.6 Å². The lowest BCUT2D eigenvalue weighted by Crippen LogP contribution is -2.36. The molecule has 6 heteroatoms. The zero-order chi connectivity index (χ0) is 18.3. The zero-order valence-electron chi connectivity index (χ0n) is 15.3. The molecule has 1 amide bonds. The van der Waals surface area contributed by atoms with Crippen LogP contribution in [0.1, 0.15) is 38.5 Å². The Morgan fingerprint density at radius 3 is 2.64 bits per heavy atom. The Morgan fingerprint density at radius 1 is 1.32 bits per heavy atom. The summed E-state index contributed by atoms with van der Waals surface area (Å²) < 4.78 is 5.66. The van der Waals surface area contributed by atoms with E-state index in [4.69, 9.17) is 22.1 Å². The summed E-state index contributed by atoms with van der Waals surface area (Å²) in [6.45, 7) is 1.95. The second-order valence-corrected chi connectivity index (χ2v) is 7.69. The van der Waals surface area contributed by atoms with Crippen LogP contribution in [-0.2, 0) is 4.79 Å². The van der Waals surface area contributed by atoms with E-state index in [0.29, 0.717) is 36.0 Å². The average molecular weight is 368 g/mol. The van der Waals surface area contributed by atoms with Crippen LogP contribution in [-0.4, -0.2) is 44.6 Å². The first kappa shape index (κ1) is 20.0. The molecule has 0 spiro atoms. The van der Waals surface area contributed by atoms with E-state index in [-0.39, 0.29) is 11.3 Å². The van der Waals surface area contributed by atoms with Gasteiger partial charge in [0.05, 0.1) is 5.02 Å². The van der Waals surface area contributed by atoms with Gasteiger partial charge < -0.3 is 20.7 Å². The molecule has 0 radical (unpaired) electrons. The van der Waals surface area contributed by atoms with Gasteiger partial charge in [-0.1, -0.05) is 30.9 Å². The van der Waals surface area contributed by atoms with Crippen molar-refractivity contribution in [2.45, 2.75) is 38.5 Å². The van der Waals surface area contributed by atoms with Crippen LogP contribution in [0.25, 0.3) is 0 Å². The number of amides is 1. The van der Waals surface area contributed by atoms with E-state index >= 15 is 0 Å². The summed E-state index contributed by atoms with van der Waals surface area (Å²) in [7, 11) is 3.98. The van der Waals surface area contributed by atoms with Crippen molar-refractivity contribution in [2.24, 2.45) is 11.1 Å². The van der Waals surface area contributed by atoms with Gasteiger partial charge in [0.1, 0.15) is 12.4 Å². The minimum atomic E-state index is -0.0403. The molecule has 5 nitrogen and oxygen atoms in total. The molecule has 1 aromatic rings. The molecule has 0 unspecified atom stereocenters. The number of hydrogen-bond acceptors (Lipinski definition) is 4. The first-order valence-electron chi connectivity index (χ1n) is 9.01. The van der Waals surface area contributed by atoms with Crippen LogP contribution in [0.3, 0.4) is 0 Å². The standard InChI is InChI=1S/C19H30ClN3O2/c1-23(2)10-11-25-17-7-6-15(12-16(17)20)22-18(24)13-19(14-21)8-4-3-5-9-19/h6-7,12H,3-5,8-11,13-14,21H2,1-2H3,(H,22,24). The Kier molecular flexibility index (Phi) is 7.54. The van der Waals surface area contributed by atoms with Crippen molar-refractivity contribution in [1.82, 2.24) is 4.90 Å². The molecule has 0 saturated heterocycles. The van der Waals surface area contributed by atoms with Gasteiger partial charge >= 0.3 is 0 Å². The van der Waals surface area contributed by atoms with Gasteiger partial charge in [-0.15, -0.1) is 0 Å². The van der Waals surface area contributed by atoms with Crippen LogP contribution in [0.5, 0.6) is 5.75 Å². The normalized spacial score (nSPS) is 16.7. The molecule has 1 aliphatic rings. The molecule has 2 rings (SSSR count). The summed E-state index contributed by atoms with van der Waals surface area (Å²) in [6, 6.07) is 5.36. The lowest BCUT2D eigenvalue weighted by Gasteiger charge is -2.35. The predicted octanol–water partition coefficient (Wildman–Crippen LogP) is 3.52. The van der Waals surface area contributed by atoms with Gasteiger partial charge in [-0.05, 0) is 57.1 Å². The lowest BCUT2D eigenvalue weighted by atomic mass is 9.71. The third-order valence-corrected chi connectivity index (χ3v) is 5.19. The van der Waals surface area contributed by atoms with Crippen molar-refractivity contribution in [3.8, 4) is 5.75 Å². The quantitative estimate of drug-likeness (QED) is 0.737. The van der Waals surface area contributed by atoms with E-state index in [1.807, 2.05) is 25.1 Å². The molecule has 1 saturated carbocycles. The van der Waals surface area contributed by atoms with Gasteiger partial charge in [-0.3, -0.25) is 4.79 Å². The molecular weight excluding hydrogens is 338 g/mol. The number of nitrogens with zero attached hydrogens (tertiary/aromatic N) is 1. The first-order chi connectivity index (χ1) is 11.9. The molecule has 0 atom stereocenters. The molecule has 1 aromatic carbocycles. The van der Waals surface area contributed by atoms with Gasteiger partial charge in [0, 0.05) is 18.7 Å². The second kappa shape index (κ2) is 9.41. The third-order valence-electron chi connectivity index (χ3n) is 4.89. The van der Waals surface area contributed by atoms with E-state index in [0.717, 1.165) is 32.2 Å². The molecular formula is C19H30ClN3O2. The number of nitrogens with one attached hydrogen (secondary N) is 1. The SMILES string of the molecule is CN(C)CCOc1ccc(NC(=O)CC2(CN)CCCCC2)cc1Cl. The minimum absolute atomic E-state index is 0.00435. The topological polar surface area (TPSA) is 67.6 Å². The van der Waals surface area contributed by atoms with Crippen LogP contribution in [0, 0.1) is 5.41 Å². The summed E-state index contributed by atoms with van der Waals surface area (Å²) in [5.74, 6) is 0.636. The number of carbonyl (C=O) groups excluding carboxylic acids is 1. The maximum atomic E-state index is 12.4. The van der Waals surface area contributed by atoms with E-state index in [1.54, 1.807) is 12.1 Å². The molecule has 3 N–H and O–H groups in total. The number of rotatable bonds is 8. The smallest absolute Gasteiger partial charge is 0.224 e. The fraction of sp³-hybridized carbons (Fsp3) is 0.632. The molecule has 0 heterocycles. The van der Waals surface area contributed by atoms with E-state index in [1.165, 1.54) is 6.42 Å². The Balaban J connectivity index is 1.91. The first-order valence-corrected chi connectivity index (χ1v) is 9.39. The maximum absolute atomic E-state index is 12.4. The third kappa shape index (κ3) is 6.17. The number of halogens is 1. The van der Waals surface area contributed by atoms with Gasteiger partial charge in [-0.2, -0.15) is 0 Å². The van der Waals surface area contributed by atoms with Crippen molar-refractivity contribution in [3.63, 3.8) is 0 Å². The zero-order valence-corrected chi connectivity index (χ0v) is 16.1. The van der Waals surface area contributed by atoms with Gasteiger partial charge in [-0.25, -0.2) is 0 Å². The number of hydrogen-bond donors (Lipinski definition) is 2. The predicted molar refractivity (Wildman–Crippen MR) is 103 cm³/mol. The molecule has 1 fully saturated rings. The highest BCUT2D eigenvalue weighted by atomic mass is 35.5. The van der Waals surface area contributed by atoms with Crippen molar-refractivity contribution in [1.29, 1.82) is 0 Å². The fourth-order valence-electron chi connectivity index (χ4n) is 3.33. The number of nitrogens with two attached hydrogens (primary N) is 1. The highest BCUT2D eigenvalue weighted by molar-refractivity contribution is 6.32. The average Bonchev–Trinajstić information content (AvgIpc) is 2.57. The number of carbonyl (C=O) groups is 1. The molecule has 0 aromatic heterocycles. The second-order valence-electron chi connectivity index (χ2n) is 7.29. The fourth-order valence-corrected chi connectivity index (χ4v) is 3.57. The van der Waals surface area contributed by atoms with Crippen molar-refractivity contribution in [2.75, 3.05) is 39.1 Å². The number of ether oxygens (including phenoxy) is 1. The summed E-state index contributed by atoms with van der Waals surface area (Å²) in [5.41, 5.74) is 6.62. The highest BCUT2D eigenvalue weighted by Gasteiger charge is 2.32. The monoisotopic (exact) mass is 367 g/mol. The highest BCUT2D eigenvalue weighted by Crippen LogP contribution is 2.38. The summed E-state index contributed by atoms with van der Waals surface area (Å²) in [5, 5.41) is 3.45. The molecule has 140 valence electrons. The minimum Gasteiger partial charge on any atom is -0.491 e. The van der Waals surface area contributed by atoms with Crippen molar-refractivity contribution < 1.29 is 9.53 Å². The van der Waals surface area contributed by atoms with E-state index < -0.39 is 0 Å². The number of likely N-dealkylation sites (N-methyl/N-ethyl adjacent to an activating group) is 1. The Bertz CT molecular complexity index is 572. The summed E-state index contributed by atoms with van der Waals surface area (Å²) in [4.78, 5) is 14.5. The van der Waals surface area contributed by atoms with Crippen molar-refractivity contribution >= 4 is 23.2 Å². The van der Waals surface area contributed by atoms with Gasteiger partial charge in [0.25, 0.3) is 0 Å². The van der Waals surface area contributed by atoms with Crippen LogP contribution in [0.2, 0.25) is 5.02 Å². The number of anilines is 1. The molecule has 0 bridgehead atoms. The maximum Gasteiger partial charge on any atom is 0.224 e. The van der Waals surface area contributed by atoms with Crippen LogP contribution in [0.4, 0.5) is 5.69 Å². The molecule has 25 heavy (non-hydrogen) atoms. The molecule has 0 aliphatic heterocycles. The number of benzene rings is 1. The Labute approximate surface area is 155 Å². The van der Waals surface area contributed by atoms with E-state index in [2.05, 4.69) is 5.32 Å². The largest absolute Gasteiger partial charge is 0.491 e. The van der Waals surface area contributed by atoms with Crippen LogP contribution < -0.4 is 15.8 Å². The van der Waals surface area contributed by atoms with Gasteiger partial charge in [0.2, 0.25) is 5.91 Å². The molecule has 1 aliphatic carbocycles. The van der Waals surface area contributed by atoms with Gasteiger partial charge in [0.15, 0.2) is 0 Å². The summed E-state index contributed by atoms with van der Waals surface area (Å²) in [6.07, 6.45) is 6.12. The Morgan fingerprint density at radius 2 is 2.04 bits per heavy atom.